The zero-order valence-electron chi connectivity index (χ0n) is 29.6. The number of rotatable bonds is 3. The van der Waals surface area contributed by atoms with Gasteiger partial charge in [-0.3, -0.25) is 0 Å². The highest BCUT2D eigenvalue weighted by Gasteiger charge is 2.36. The molecule has 298 valence electrons. The normalized spacial score (nSPS) is 12.6. The van der Waals surface area contributed by atoms with Gasteiger partial charge in [0.05, 0.1) is 79.0 Å². The molecule has 2 heterocycles. The first kappa shape index (κ1) is 39.4. The van der Waals surface area contributed by atoms with Crippen LogP contribution in [0, 0.1) is 34.0 Å². The summed E-state index contributed by atoms with van der Waals surface area (Å²) in [5.74, 6) is 0. The van der Waals surface area contributed by atoms with Gasteiger partial charge in [0.1, 0.15) is 11.6 Å². The van der Waals surface area contributed by atoms with Crippen molar-refractivity contribution in [2.24, 2.45) is 0 Å². The lowest BCUT2D eigenvalue weighted by Gasteiger charge is -2.19. The second kappa shape index (κ2) is 13.3. The van der Waals surface area contributed by atoms with Crippen molar-refractivity contribution in [1.29, 1.82) is 15.8 Å². The first-order valence-electron chi connectivity index (χ1n) is 17.1. The summed E-state index contributed by atoms with van der Waals surface area (Å²) in [6, 6.07) is 21.0. The first-order valence-corrected chi connectivity index (χ1v) is 17.1. The van der Waals surface area contributed by atoms with Crippen molar-refractivity contribution < 1.29 is 52.7 Å². The lowest BCUT2D eigenvalue weighted by molar-refractivity contribution is -0.138. The number of fused-ring (bicyclic) bond motifs is 6. The monoisotopic (exact) mass is 831 g/mol. The van der Waals surface area contributed by atoms with Crippen molar-refractivity contribution in [2.75, 3.05) is 0 Å². The average molecular weight is 832 g/mol. The van der Waals surface area contributed by atoms with Crippen molar-refractivity contribution in [3.8, 4) is 40.7 Å². The highest BCUT2D eigenvalue weighted by atomic mass is 19.4. The molecule has 17 heteroatoms. The first-order chi connectivity index (χ1) is 28.1. The Balaban J connectivity index is 1.63. The van der Waals surface area contributed by atoms with Crippen LogP contribution < -0.4 is 0 Å². The predicted octanol–water partition coefficient (Wildman–Crippen LogP) is 13.2. The average Bonchev–Trinajstić information content (AvgIpc) is 3.70. The van der Waals surface area contributed by atoms with Gasteiger partial charge in [-0.2, -0.15) is 68.5 Å². The topological polar surface area (TPSA) is 81.2 Å². The number of hydrogen-bond acceptors (Lipinski definition) is 3. The molecule has 0 fully saturated rings. The summed E-state index contributed by atoms with van der Waals surface area (Å²) >= 11 is 0. The molecule has 0 radical (unpaired) electrons. The van der Waals surface area contributed by atoms with E-state index in [2.05, 4.69) is 0 Å². The van der Waals surface area contributed by atoms with Crippen molar-refractivity contribution in [1.82, 2.24) is 9.13 Å². The molecule has 2 aromatic heterocycles. The van der Waals surface area contributed by atoms with Crippen LogP contribution >= 0.6 is 0 Å². The van der Waals surface area contributed by atoms with Crippen LogP contribution in [-0.4, -0.2) is 9.13 Å². The van der Waals surface area contributed by atoms with Crippen LogP contribution in [0.5, 0.6) is 0 Å². The number of halogens is 12. The molecule has 0 N–H and O–H groups in total. The maximum Gasteiger partial charge on any atom is 0.416 e. The summed E-state index contributed by atoms with van der Waals surface area (Å²) in [4.78, 5) is 0. The minimum atomic E-state index is -4.99. The third kappa shape index (κ3) is 6.47. The van der Waals surface area contributed by atoms with Crippen molar-refractivity contribution >= 4 is 43.6 Å². The highest BCUT2D eigenvalue weighted by molar-refractivity contribution is 6.11. The Kier molecular flexibility index (Phi) is 8.72. The summed E-state index contributed by atoms with van der Waals surface area (Å²) in [7, 11) is 0. The molecule has 0 aliphatic rings. The lowest BCUT2D eigenvalue weighted by Crippen LogP contribution is -2.09. The van der Waals surface area contributed by atoms with Gasteiger partial charge in [0, 0.05) is 21.5 Å². The van der Waals surface area contributed by atoms with Gasteiger partial charge in [0.25, 0.3) is 0 Å². The van der Waals surface area contributed by atoms with Crippen molar-refractivity contribution in [3.63, 3.8) is 0 Å². The summed E-state index contributed by atoms with van der Waals surface area (Å²) in [6.45, 7) is 0. The van der Waals surface area contributed by atoms with Crippen LogP contribution in [0.25, 0.3) is 66.1 Å². The van der Waals surface area contributed by atoms with Crippen LogP contribution in [0.3, 0.4) is 0 Å². The van der Waals surface area contributed by atoms with E-state index < -0.39 is 63.9 Å². The second-order valence-corrected chi connectivity index (χ2v) is 13.6. The molecule has 0 bridgehead atoms. The third-order valence-electron chi connectivity index (χ3n) is 10.1. The van der Waals surface area contributed by atoms with E-state index in [1.807, 2.05) is 18.2 Å². The van der Waals surface area contributed by atoms with Crippen LogP contribution in [0.1, 0.15) is 38.9 Å². The van der Waals surface area contributed by atoms with Crippen molar-refractivity contribution in [2.45, 2.75) is 24.7 Å². The molecule has 0 saturated carbocycles. The van der Waals surface area contributed by atoms with Gasteiger partial charge in [-0.25, -0.2) is 0 Å². The number of nitriles is 3. The molecule has 0 atom stereocenters. The van der Waals surface area contributed by atoms with Crippen molar-refractivity contribution in [3.05, 3.63) is 142 Å². The summed E-state index contributed by atoms with van der Waals surface area (Å²) in [5.41, 5.74) is -8.22. The zero-order chi connectivity index (χ0) is 43.3. The van der Waals surface area contributed by atoms with Crippen LogP contribution in [-0.2, 0) is 24.7 Å². The maximum absolute atomic E-state index is 14.3. The molecule has 6 aromatic carbocycles. The molecule has 5 nitrogen and oxygen atoms in total. The van der Waals surface area contributed by atoms with E-state index >= 15 is 0 Å². The minimum Gasteiger partial charge on any atom is -0.308 e. The molecule has 8 rings (SSSR count). The summed E-state index contributed by atoms with van der Waals surface area (Å²) < 4.78 is 173. The number of hydrogen-bond donors (Lipinski definition) is 0. The van der Waals surface area contributed by atoms with Gasteiger partial charge in [-0.05, 0) is 90.0 Å². The van der Waals surface area contributed by atoms with E-state index in [1.54, 1.807) is 0 Å². The minimum absolute atomic E-state index is 0.0117. The van der Waals surface area contributed by atoms with Gasteiger partial charge >= 0.3 is 24.7 Å². The third-order valence-corrected chi connectivity index (χ3v) is 10.1. The quantitative estimate of drug-likeness (QED) is 0.166. The zero-order valence-corrected chi connectivity index (χ0v) is 29.6. The molecule has 60 heavy (non-hydrogen) atoms. The fraction of sp³-hybridized carbons (Fsp3) is 0.0930. The molecular weight excluding hydrogens is 814 g/mol. The molecule has 0 aliphatic carbocycles. The maximum atomic E-state index is 14.3. The molecule has 0 amide bonds. The Morgan fingerprint density at radius 1 is 0.350 bits per heavy atom. The molecular formula is C43H17F12N5. The van der Waals surface area contributed by atoms with E-state index in [0.717, 1.165) is 45.5 Å². The van der Waals surface area contributed by atoms with E-state index in [1.165, 1.54) is 18.2 Å². The van der Waals surface area contributed by atoms with Crippen LogP contribution in [0.4, 0.5) is 52.7 Å². The number of nitrogens with zero attached hydrogens (tertiary/aromatic N) is 5. The van der Waals surface area contributed by atoms with E-state index in [9.17, 15) is 68.5 Å². The van der Waals surface area contributed by atoms with Gasteiger partial charge < -0.3 is 9.13 Å². The molecule has 0 unspecified atom stereocenters. The Morgan fingerprint density at radius 2 is 0.633 bits per heavy atom. The fourth-order valence-electron chi connectivity index (χ4n) is 7.43. The Hall–Kier alpha value is -7.45. The van der Waals surface area contributed by atoms with Gasteiger partial charge in [0.2, 0.25) is 0 Å². The predicted molar refractivity (Wildman–Crippen MR) is 195 cm³/mol. The fourth-order valence-corrected chi connectivity index (χ4v) is 7.43. The van der Waals surface area contributed by atoms with Crippen LogP contribution in [0.2, 0.25) is 0 Å². The number of alkyl halides is 12. The largest absolute Gasteiger partial charge is 0.416 e. The van der Waals surface area contributed by atoms with E-state index in [4.69, 9.17) is 0 Å². The summed E-state index contributed by atoms with van der Waals surface area (Å²) in [5, 5.41) is 30.5. The Bertz CT molecular complexity index is 2900. The van der Waals surface area contributed by atoms with E-state index in [-0.39, 0.29) is 65.9 Å². The second-order valence-electron chi connectivity index (χ2n) is 13.6. The Labute approximate surface area is 328 Å². The summed E-state index contributed by atoms with van der Waals surface area (Å²) in [6.07, 6.45) is -20.0. The highest BCUT2D eigenvalue weighted by Crippen LogP contribution is 2.45. The Morgan fingerprint density at radius 3 is 0.883 bits per heavy atom. The van der Waals surface area contributed by atoms with Gasteiger partial charge in [-0.15, -0.1) is 0 Å². The molecule has 0 aliphatic heterocycles. The lowest BCUT2D eigenvalue weighted by atomic mass is 9.97. The van der Waals surface area contributed by atoms with Gasteiger partial charge in [0.15, 0.2) is 0 Å². The number of aromatic nitrogens is 2. The standard InChI is InChI=1S/C43H17F12N5/c44-40(45,46)25-1-5-29-30-6-2-26(41(47,48)49)15-37(30)59(36(29)14-25)34-12-24(23-10-21(18-56)9-22(11-23)19-57)13-35(33(34)20-58)60-38-16-27(42(50,51)52)3-7-31(38)32-8-4-28(17-39(32)60)43(53,54)55/h1-17H. The molecule has 0 saturated heterocycles. The molecule has 8 aromatic rings. The van der Waals surface area contributed by atoms with Gasteiger partial charge in [-0.1, -0.05) is 24.3 Å². The smallest absolute Gasteiger partial charge is 0.308 e. The molecule has 0 spiro atoms. The van der Waals surface area contributed by atoms with E-state index in [0.29, 0.717) is 48.5 Å². The SMILES string of the molecule is N#Cc1cc(C#N)cc(-c2cc(-n3c4cc(C(F)(F)F)ccc4c4ccc(C(F)(F)F)cc43)c(C#N)c(-n3c4cc(C(F)(F)F)ccc4c4ccc(C(F)(F)F)cc43)c2)c1. The number of benzene rings is 6. The van der Waals surface area contributed by atoms with Crippen LogP contribution in [0.15, 0.2) is 103 Å².